The minimum atomic E-state index is -4.75. The van der Waals surface area contributed by atoms with Crippen LogP contribution in [0.15, 0.2) is 18.2 Å². The molecule has 0 fully saturated rings. The topological polar surface area (TPSA) is 0 Å². The summed E-state index contributed by atoms with van der Waals surface area (Å²) in [6, 6.07) is 1.51. The van der Waals surface area contributed by atoms with Crippen molar-refractivity contribution in [3.8, 4) is 0 Å². The predicted molar refractivity (Wildman–Crippen MR) is 41.8 cm³/mol. The first kappa shape index (κ1) is 12.7. The third-order valence-corrected chi connectivity index (χ3v) is 2.31. The molecule has 0 saturated carbocycles. The van der Waals surface area contributed by atoms with Gasteiger partial charge in [-0.3, -0.25) is 0 Å². The van der Waals surface area contributed by atoms with Crippen LogP contribution in [0, 0.1) is 0 Å². The molecule has 0 saturated heterocycles. The summed E-state index contributed by atoms with van der Waals surface area (Å²) in [5.74, 6) is 0. The molecule has 0 heterocycles. The molecule has 0 bridgehead atoms. The molecule has 15 heavy (non-hydrogen) atoms. The Kier molecular flexibility index (Phi) is 3.29. The SMILES string of the molecule is FC(F)(F)c1c[c]([Sb])cc(C(F)(F)F)c1. The zero-order valence-corrected chi connectivity index (χ0v) is 9.50. The summed E-state index contributed by atoms with van der Waals surface area (Å²) in [5.41, 5.74) is -2.54. The number of hydrogen-bond donors (Lipinski definition) is 0. The summed E-state index contributed by atoms with van der Waals surface area (Å²) < 4.78 is 73.0. The van der Waals surface area contributed by atoms with Gasteiger partial charge in [0, 0.05) is 0 Å². The van der Waals surface area contributed by atoms with Gasteiger partial charge in [0.2, 0.25) is 0 Å². The molecule has 1 aromatic rings. The number of hydrogen-bond acceptors (Lipinski definition) is 0. The van der Waals surface area contributed by atoms with E-state index in [0.717, 1.165) is 23.0 Å². The standard InChI is InChI=1S/C8H3F6.Sb/c9-7(10,11)5-2-1-3-6(4-5)8(12,13)14;/h2-4H;. The molecule has 1 rings (SSSR count). The van der Waals surface area contributed by atoms with Crippen LogP contribution in [0.25, 0.3) is 0 Å². The Balaban J connectivity index is 3.30. The van der Waals surface area contributed by atoms with E-state index in [0.29, 0.717) is 12.1 Å². The zero-order chi connectivity index (χ0) is 11.9. The quantitative estimate of drug-likeness (QED) is 0.505. The molecule has 82 valence electrons. The molecule has 0 aliphatic heterocycles. The van der Waals surface area contributed by atoms with E-state index < -0.39 is 23.5 Å². The van der Waals surface area contributed by atoms with Crippen LogP contribution in [0.2, 0.25) is 0 Å². The van der Waals surface area contributed by atoms with E-state index in [2.05, 4.69) is 0 Å². The molecule has 0 aromatic heterocycles. The van der Waals surface area contributed by atoms with Gasteiger partial charge < -0.3 is 0 Å². The molecule has 1 aromatic carbocycles. The second kappa shape index (κ2) is 3.89. The first-order valence-corrected chi connectivity index (χ1v) is 4.87. The van der Waals surface area contributed by atoms with E-state index in [1.54, 1.807) is 0 Å². The van der Waals surface area contributed by atoms with E-state index >= 15 is 0 Å². The van der Waals surface area contributed by atoms with E-state index in [4.69, 9.17) is 0 Å². The fraction of sp³-hybridized carbons (Fsp3) is 0.250. The van der Waals surface area contributed by atoms with Crippen molar-refractivity contribution in [1.82, 2.24) is 0 Å². The van der Waals surface area contributed by atoms with Gasteiger partial charge in [-0.15, -0.1) is 0 Å². The first-order chi connectivity index (χ1) is 6.60. The molecular weight excluding hydrogens is 332 g/mol. The molecule has 2 radical (unpaired) electrons. The van der Waals surface area contributed by atoms with Crippen LogP contribution in [-0.4, -0.2) is 23.0 Å². The van der Waals surface area contributed by atoms with Crippen LogP contribution in [0.5, 0.6) is 0 Å². The number of rotatable bonds is 0. The van der Waals surface area contributed by atoms with Crippen molar-refractivity contribution in [3.05, 3.63) is 29.3 Å². The molecule has 0 spiro atoms. The van der Waals surface area contributed by atoms with Crippen molar-refractivity contribution in [2.24, 2.45) is 0 Å². The fourth-order valence-electron chi connectivity index (χ4n) is 0.939. The Morgan fingerprint density at radius 3 is 1.33 bits per heavy atom. The van der Waals surface area contributed by atoms with E-state index in [1.807, 2.05) is 0 Å². The summed E-state index contributed by atoms with van der Waals surface area (Å²) in [6.07, 6.45) is -9.50. The van der Waals surface area contributed by atoms with Gasteiger partial charge in [-0.2, -0.15) is 0 Å². The van der Waals surface area contributed by atoms with Gasteiger partial charge in [-0.1, -0.05) is 0 Å². The van der Waals surface area contributed by atoms with E-state index in [9.17, 15) is 26.3 Å². The summed E-state index contributed by atoms with van der Waals surface area (Å²) in [6.45, 7) is 0. The Bertz CT molecular complexity index is 332. The first-order valence-electron chi connectivity index (χ1n) is 3.59. The Morgan fingerprint density at radius 1 is 0.733 bits per heavy atom. The molecule has 0 amide bonds. The average molecular weight is 335 g/mol. The van der Waals surface area contributed by atoms with Gasteiger partial charge in [0.25, 0.3) is 0 Å². The number of alkyl halides is 6. The van der Waals surface area contributed by atoms with Crippen LogP contribution >= 0.6 is 0 Å². The molecule has 0 unspecified atom stereocenters. The minimum absolute atomic E-state index is 0.0221. The second-order valence-electron chi connectivity index (χ2n) is 2.76. The predicted octanol–water partition coefficient (Wildman–Crippen LogP) is 2.52. The van der Waals surface area contributed by atoms with Crippen LogP contribution in [0.1, 0.15) is 11.1 Å². The Labute approximate surface area is 94.8 Å². The van der Waals surface area contributed by atoms with Gasteiger partial charge in [-0.05, 0) is 0 Å². The van der Waals surface area contributed by atoms with Crippen LogP contribution in [0.4, 0.5) is 26.3 Å². The average Bonchev–Trinajstić information content (AvgIpc) is 1.99. The fourth-order valence-corrected chi connectivity index (χ4v) is 1.73. The van der Waals surface area contributed by atoms with Crippen molar-refractivity contribution < 1.29 is 26.3 Å². The molecule has 0 nitrogen and oxygen atoms in total. The van der Waals surface area contributed by atoms with Gasteiger partial charge in [0.15, 0.2) is 0 Å². The molecule has 0 aliphatic carbocycles. The normalized spacial score (nSPS) is 13.0. The molecule has 7 heteroatoms. The van der Waals surface area contributed by atoms with Crippen molar-refractivity contribution in [2.75, 3.05) is 0 Å². The molecule has 0 N–H and O–H groups in total. The maximum atomic E-state index is 12.2. The van der Waals surface area contributed by atoms with Crippen molar-refractivity contribution >= 4 is 26.5 Å². The van der Waals surface area contributed by atoms with E-state index in [1.165, 1.54) is 0 Å². The van der Waals surface area contributed by atoms with Crippen molar-refractivity contribution in [2.45, 2.75) is 12.4 Å². The third kappa shape index (κ3) is 3.30. The van der Waals surface area contributed by atoms with Gasteiger partial charge >= 0.3 is 94.6 Å². The van der Waals surface area contributed by atoms with Gasteiger partial charge in [0.05, 0.1) is 0 Å². The van der Waals surface area contributed by atoms with Gasteiger partial charge in [-0.25, -0.2) is 0 Å². The maximum absolute atomic E-state index is 12.2. The van der Waals surface area contributed by atoms with Crippen molar-refractivity contribution in [3.63, 3.8) is 0 Å². The van der Waals surface area contributed by atoms with Gasteiger partial charge in [0.1, 0.15) is 0 Å². The molecular formula is C8H3F6Sb. The Morgan fingerprint density at radius 2 is 1.07 bits per heavy atom. The number of benzene rings is 1. The monoisotopic (exact) mass is 334 g/mol. The van der Waals surface area contributed by atoms with Crippen LogP contribution < -0.4 is 3.51 Å². The van der Waals surface area contributed by atoms with Crippen LogP contribution in [0.3, 0.4) is 0 Å². The molecule has 0 aliphatic rings. The Hall–Kier alpha value is -0.382. The third-order valence-electron chi connectivity index (χ3n) is 1.57. The molecule has 0 atom stereocenters. The van der Waals surface area contributed by atoms with Crippen LogP contribution in [-0.2, 0) is 12.4 Å². The zero-order valence-electron chi connectivity index (χ0n) is 6.95. The summed E-state index contributed by atoms with van der Waals surface area (Å²) >= 11 is 0.808. The summed E-state index contributed by atoms with van der Waals surface area (Å²) in [4.78, 5) is 0. The summed E-state index contributed by atoms with van der Waals surface area (Å²) in [7, 11) is 0. The summed E-state index contributed by atoms with van der Waals surface area (Å²) in [5, 5.41) is 0. The number of halogens is 6. The second-order valence-corrected chi connectivity index (χ2v) is 4.24. The van der Waals surface area contributed by atoms with Crippen molar-refractivity contribution in [1.29, 1.82) is 0 Å². The van der Waals surface area contributed by atoms with E-state index in [-0.39, 0.29) is 9.58 Å².